The third-order valence-electron chi connectivity index (χ3n) is 4.15. The molecule has 3 N–H and O–H groups in total. The Labute approximate surface area is 128 Å². The molecule has 2 aliphatic rings. The quantitative estimate of drug-likeness (QED) is 0.867. The van der Waals surface area contributed by atoms with Crippen molar-refractivity contribution in [2.45, 2.75) is 44.4 Å². The molecular formula is C14H22N4O2S. The monoisotopic (exact) mass is 310 g/mol. The molecule has 2 fully saturated rings. The van der Waals surface area contributed by atoms with Gasteiger partial charge in [0.05, 0.1) is 5.69 Å². The second kappa shape index (κ2) is 6.72. The lowest BCUT2D eigenvalue weighted by molar-refractivity contribution is -0.142. The maximum absolute atomic E-state index is 12.2. The van der Waals surface area contributed by atoms with Gasteiger partial charge in [-0.2, -0.15) is 0 Å². The zero-order valence-electron chi connectivity index (χ0n) is 12.1. The molecule has 3 heterocycles. The number of ether oxygens (including phenoxy) is 1. The number of anilines is 1. The smallest absolute Gasteiger partial charge is 0.251 e. The average Bonchev–Trinajstić information content (AvgIpc) is 3.16. The molecule has 0 aromatic carbocycles. The number of nitrogen functional groups attached to an aromatic ring is 1. The van der Waals surface area contributed by atoms with Crippen LogP contribution < -0.4 is 11.1 Å². The van der Waals surface area contributed by atoms with Crippen molar-refractivity contribution in [2.75, 3.05) is 25.4 Å². The van der Waals surface area contributed by atoms with Crippen LogP contribution >= 0.6 is 11.3 Å². The molecular weight excluding hydrogens is 288 g/mol. The van der Waals surface area contributed by atoms with E-state index in [0.717, 1.165) is 57.6 Å². The van der Waals surface area contributed by atoms with Crippen LogP contribution in [-0.2, 0) is 16.1 Å². The van der Waals surface area contributed by atoms with Crippen LogP contribution in [0.15, 0.2) is 5.38 Å². The SMILES string of the molecule is Nc1nc(CNC2CCN(C(=O)C3CCCO3)CC2)cs1. The van der Waals surface area contributed by atoms with Crippen LogP contribution in [0.25, 0.3) is 0 Å². The minimum Gasteiger partial charge on any atom is -0.375 e. The molecule has 6 nitrogen and oxygen atoms in total. The van der Waals surface area contributed by atoms with E-state index in [4.69, 9.17) is 10.5 Å². The van der Waals surface area contributed by atoms with Crippen LogP contribution in [0.1, 0.15) is 31.4 Å². The lowest BCUT2D eigenvalue weighted by Gasteiger charge is -2.33. The number of amides is 1. The number of nitrogens with one attached hydrogen (secondary N) is 1. The number of likely N-dealkylation sites (tertiary alicyclic amines) is 1. The Morgan fingerprint density at radius 1 is 1.48 bits per heavy atom. The van der Waals surface area contributed by atoms with Gasteiger partial charge in [0.2, 0.25) is 0 Å². The molecule has 0 spiro atoms. The molecule has 3 rings (SSSR count). The molecule has 0 radical (unpaired) electrons. The van der Waals surface area contributed by atoms with Crippen molar-refractivity contribution in [3.8, 4) is 0 Å². The molecule has 1 aromatic heterocycles. The molecule has 1 atom stereocenters. The van der Waals surface area contributed by atoms with Gasteiger partial charge in [-0.3, -0.25) is 4.79 Å². The second-order valence-corrected chi connectivity index (χ2v) is 6.55. The standard InChI is InChI=1S/C14H22N4O2S/c15-14-17-11(9-21-14)8-16-10-3-5-18(6-4-10)13(19)12-2-1-7-20-12/h9-10,12,16H,1-8H2,(H2,15,17). The summed E-state index contributed by atoms with van der Waals surface area (Å²) in [6.45, 7) is 3.11. The van der Waals surface area contributed by atoms with Crippen molar-refractivity contribution >= 4 is 22.4 Å². The lowest BCUT2D eigenvalue weighted by Crippen LogP contribution is -2.47. The van der Waals surface area contributed by atoms with Crippen LogP contribution in [0.5, 0.6) is 0 Å². The first kappa shape index (κ1) is 14.7. The number of rotatable bonds is 4. The summed E-state index contributed by atoms with van der Waals surface area (Å²) in [5, 5.41) is 6.10. The molecule has 116 valence electrons. The average molecular weight is 310 g/mol. The summed E-state index contributed by atoms with van der Waals surface area (Å²) < 4.78 is 5.48. The minimum atomic E-state index is -0.188. The fourth-order valence-corrected chi connectivity index (χ4v) is 3.50. The largest absolute Gasteiger partial charge is 0.375 e. The Balaban J connectivity index is 1.41. The van der Waals surface area contributed by atoms with Crippen LogP contribution in [0.3, 0.4) is 0 Å². The molecule has 1 aromatic rings. The number of carbonyl (C=O) groups excluding carboxylic acids is 1. The Hall–Kier alpha value is -1.18. The molecule has 0 saturated carbocycles. The normalized spacial score (nSPS) is 23.6. The first-order valence-electron chi connectivity index (χ1n) is 7.56. The Morgan fingerprint density at radius 2 is 2.29 bits per heavy atom. The highest BCUT2D eigenvalue weighted by Gasteiger charge is 2.30. The van der Waals surface area contributed by atoms with E-state index >= 15 is 0 Å². The summed E-state index contributed by atoms with van der Waals surface area (Å²) in [6.07, 6.45) is 3.66. The summed E-state index contributed by atoms with van der Waals surface area (Å²) in [7, 11) is 0. The first-order valence-corrected chi connectivity index (χ1v) is 8.44. The van der Waals surface area contributed by atoms with Crippen molar-refractivity contribution in [3.63, 3.8) is 0 Å². The Morgan fingerprint density at radius 3 is 2.90 bits per heavy atom. The van der Waals surface area contributed by atoms with Gasteiger partial charge in [0, 0.05) is 37.7 Å². The molecule has 0 aliphatic carbocycles. The van der Waals surface area contributed by atoms with Crippen molar-refractivity contribution in [1.82, 2.24) is 15.2 Å². The summed E-state index contributed by atoms with van der Waals surface area (Å²) in [4.78, 5) is 18.4. The van der Waals surface area contributed by atoms with Crippen LogP contribution in [0, 0.1) is 0 Å². The maximum Gasteiger partial charge on any atom is 0.251 e. The Bertz CT molecular complexity index is 479. The van der Waals surface area contributed by atoms with Crippen molar-refractivity contribution in [1.29, 1.82) is 0 Å². The van der Waals surface area contributed by atoms with Crippen LogP contribution in [0.2, 0.25) is 0 Å². The van der Waals surface area contributed by atoms with Gasteiger partial charge in [0.1, 0.15) is 6.10 Å². The van der Waals surface area contributed by atoms with Gasteiger partial charge in [-0.1, -0.05) is 0 Å². The summed E-state index contributed by atoms with van der Waals surface area (Å²) in [5.41, 5.74) is 6.62. The summed E-state index contributed by atoms with van der Waals surface area (Å²) in [6, 6.07) is 0.446. The second-order valence-electron chi connectivity index (χ2n) is 5.66. The molecule has 7 heteroatoms. The van der Waals surface area contributed by atoms with E-state index in [1.165, 1.54) is 11.3 Å². The van der Waals surface area contributed by atoms with E-state index in [1.807, 2.05) is 10.3 Å². The van der Waals surface area contributed by atoms with Crippen molar-refractivity contribution in [3.05, 3.63) is 11.1 Å². The molecule has 2 saturated heterocycles. The van der Waals surface area contributed by atoms with Crippen molar-refractivity contribution < 1.29 is 9.53 Å². The third kappa shape index (κ3) is 3.72. The third-order valence-corrected chi connectivity index (χ3v) is 4.88. The minimum absolute atomic E-state index is 0.179. The highest BCUT2D eigenvalue weighted by molar-refractivity contribution is 7.13. The Kier molecular flexibility index (Phi) is 4.72. The number of carbonyl (C=O) groups is 1. The van der Waals surface area contributed by atoms with E-state index in [0.29, 0.717) is 11.2 Å². The van der Waals surface area contributed by atoms with Crippen LogP contribution in [-0.4, -0.2) is 47.6 Å². The number of aromatic nitrogens is 1. The zero-order valence-corrected chi connectivity index (χ0v) is 12.9. The fourth-order valence-electron chi connectivity index (χ4n) is 2.93. The number of thiazole rings is 1. The van der Waals surface area contributed by atoms with Gasteiger partial charge >= 0.3 is 0 Å². The number of nitrogens with two attached hydrogens (primary N) is 1. The van der Waals surface area contributed by atoms with Gasteiger partial charge in [-0.05, 0) is 25.7 Å². The van der Waals surface area contributed by atoms with Gasteiger partial charge in [-0.25, -0.2) is 4.98 Å². The van der Waals surface area contributed by atoms with E-state index in [9.17, 15) is 4.79 Å². The molecule has 1 unspecified atom stereocenters. The number of hydrogen-bond acceptors (Lipinski definition) is 6. The molecule has 21 heavy (non-hydrogen) atoms. The van der Waals surface area contributed by atoms with Gasteiger partial charge in [-0.15, -0.1) is 11.3 Å². The predicted octanol–water partition coefficient (Wildman–Crippen LogP) is 0.985. The molecule has 2 aliphatic heterocycles. The van der Waals surface area contributed by atoms with Gasteiger partial charge in [0.25, 0.3) is 5.91 Å². The summed E-state index contributed by atoms with van der Waals surface area (Å²) in [5.74, 6) is 0.179. The lowest BCUT2D eigenvalue weighted by atomic mass is 10.0. The van der Waals surface area contributed by atoms with E-state index in [1.54, 1.807) is 0 Å². The molecule has 1 amide bonds. The number of piperidine rings is 1. The highest BCUT2D eigenvalue weighted by Crippen LogP contribution is 2.19. The van der Waals surface area contributed by atoms with Crippen LogP contribution in [0.4, 0.5) is 5.13 Å². The van der Waals surface area contributed by atoms with Crippen molar-refractivity contribution in [2.24, 2.45) is 0 Å². The number of hydrogen-bond donors (Lipinski definition) is 2. The van der Waals surface area contributed by atoms with E-state index < -0.39 is 0 Å². The first-order chi connectivity index (χ1) is 10.2. The summed E-state index contributed by atoms with van der Waals surface area (Å²) >= 11 is 1.47. The fraction of sp³-hybridized carbons (Fsp3) is 0.714. The van der Waals surface area contributed by atoms with Gasteiger partial charge < -0.3 is 20.7 Å². The predicted molar refractivity (Wildman–Crippen MR) is 81.9 cm³/mol. The maximum atomic E-state index is 12.2. The highest BCUT2D eigenvalue weighted by atomic mass is 32.1. The zero-order chi connectivity index (χ0) is 14.7. The van der Waals surface area contributed by atoms with Gasteiger partial charge in [0.15, 0.2) is 5.13 Å². The topological polar surface area (TPSA) is 80.5 Å². The molecule has 0 bridgehead atoms. The van der Waals surface area contributed by atoms with E-state index in [-0.39, 0.29) is 12.0 Å². The van der Waals surface area contributed by atoms with E-state index in [2.05, 4.69) is 10.3 Å². The number of nitrogens with zero attached hydrogens (tertiary/aromatic N) is 2.